The summed E-state index contributed by atoms with van der Waals surface area (Å²) in [6, 6.07) is 9.15. The molecule has 2 rings (SSSR count). The summed E-state index contributed by atoms with van der Waals surface area (Å²) in [4.78, 5) is 12.5. The van der Waals surface area contributed by atoms with Crippen LogP contribution in [0.4, 0.5) is 0 Å². The van der Waals surface area contributed by atoms with E-state index < -0.39 is 11.5 Å². The Bertz CT molecular complexity index is 512. The number of Topliss-reactive ketones (excluding diaryl/α,β-unsaturated/α-hetero) is 1. The molecule has 0 saturated carbocycles. The predicted octanol–water partition coefficient (Wildman–Crippen LogP) is 2.44. The second kappa shape index (κ2) is 5.41. The standard InChI is InChI=1S/C15H17NO3/c1-15(7-4-8-19-15)14(17)13(10-16)11-5-3-6-12(9-11)18-2/h3,5-6,9,13H,4,7-8H2,1-2H3. The van der Waals surface area contributed by atoms with Crippen LogP contribution in [0.2, 0.25) is 0 Å². The number of hydrogen-bond donors (Lipinski definition) is 0. The van der Waals surface area contributed by atoms with Gasteiger partial charge in [0.25, 0.3) is 0 Å². The third kappa shape index (κ3) is 2.61. The first-order valence-corrected chi connectivity index (χ1v) is 6.32. The summed E-state index contributed by atoms with van der Waals surface area (Å²) in [5.74, 6) is -0.331. The molecular weight excluding hydrogens is 242 g/mol. The van der Waals surface area contributed by atoms with Crippen LogP contribution in [0.3, 0.4) is 0 Å². The minimum atomic E-state index is -0.830. The average molecular weight is 259 g/mol. The Kier molecular flexibility index (Phi) is 3.87. The van der Waals surface area contributed by atoms with E-state index in [4.69, 9.17) is 9.47 Å². The topological polar surface area (TPSA) is 59.3 Å². The molecule has 19 heavy (non-hydrogen) atoms. The molecule has 4 nitrogen and oxygen atoms in total. The van der Waals surface area contributed by atoms with Gasteiger partial charge in [0.15, 0.2) is 5.78 Å². The maximum Gasteiger partial charge on any atom is 0.185 e. The molecule has 0 bridgehead atoms. The second-order valence-electron chi connectivity index (χ2n) is 4.89. The summed E-state index contributed by atoms with van der Waals surface area (Å²) < 4.78 is 10.7. The van der Waals surface area contributed by atoms with Crippen molar-refractivity contribution >= 4 is 5.78 Å². The summed E-state index contributed by atoms with van der Waals surface area (Å²) in [5.41, 5.74) is -0.174. The van der Waals surface area contributed by atoms with Gasteiger partial charge in [-0.25, -0.2) is 0 Å². The van der Waals surface area contributed by atoms with Gasteiger partial charge in [-0.3, -0.25) is 4.79 Å². The zero-order valence-corrected chi connectivity index (χ0v) is 11.2. The predicted molar refractivity (Wildman–Crippen MR) is 69.9 cm³/mol. The number of carbonyl (C=O) groups excluding carboxylic acids is 1. The number of methoxy groups -OCH3 is 1. The second-order valence-corrected chi connectivity index (χ2v) is 4.89. The van der Waals surface area contributed by atoms with Crippen molar-refractivity contribution < 1.29 is 14.3 Å². The van der Waals surface area contributed by atoms with Crippen molar-refractivity contribution in [2.24, 2.45) is 0 Å². The molecule has 0 amide bonds. The summed E-state index contributed by atoms with van der Waals surface area (Å²) in [6.45, 7) is 2.35. The van der Waals surface area contributed by atoms with E-state index in [2.05, 4.69) is 6.07 Å². The van der Waals surface area contributed by atoms with Gasteiger partial charge in [0.2, 0.25) is 0 Å². The van der Waals surface area contributed by atoms with Gasteiger partial charge >= 0.3 is 0 Å². The molecule has 1 aromatic rings. The first-order valence-electron chi connectivity index (χ1n) is 6.32. The first kappa shape index (κ1) is 13.6. The third-order valence-corrected chi connectivity index (χ3v) is 3.56. The van der Waals surface area contributed by atoms with Gasteiger partial charge in [-0.1, -0.05) is 12.1 Å². The molecule has 1 aromatic carbocycles. The van der Waals surface area contributed by atoms with Crippen LogP contribution in [0.1, 0.15) is 31.2 Å². The third-order valence-electron chi connectivity index (χ3n) is 3.56. The summed E-state index contributed by atoms with van der Waals surface area (Å²) in [6.07, 6.45) is 1.53. The Morgan fingerprint density at radius 2 is 2.37 bits per heavy atom. The molecule has 1 heterocycles. The number of ketones is 1. The highest BCUT2D eigenvalue weighted by Gasteiger charge is 2.42. The Morgan fingerprint density at radius 3 is 2.95 bits per heavy atom. The lowest BCUT2D eigenvalue weighted by molar-refractivity contribution is -0.137. The van der Waals surface area contributed by atoms with Gasteiger partial charge in [0.1, 0.15) is 17.3 Å². The molecule has 1 aliphatic rings. The van der Waals surface area contributed by atoms with Crippen molar-refractivity contribution in [3.8, 4) is 11.8 Å². The van der Waals surface area contributed by atoms with Gasteiger partial charge in [-0.15, -0.1) is 0 Å². The Hall–Kier alpha value is -1.86. The first-order chi connectivity index (χ1) is 9.10. The monoisotopic (exact) mass is 259 g/mol. The number of hydrogen-bond acceptors (Lipinski definition) is 4. The van der Waals surface area contributed by atoms with Crippen LogP contribution in [-0.2, 0) is 9.53 Å². The van der Waals surface area contributed by atoms with E-state index in [9.17, 15) is 10.1 Å². The highest BCUT2D eigenvalue weighted by Crippen LogP contribution is 2.33. The molecule has 2 atom stereocenters. The molecular formula is C15H17NO3. The summed E-state index contributed by atoms with van der Waals surface area (Å²) in [7, 11) is 1.56. The van der Waals surface area contributed by atoms with Crippen molar-refractivity contribution in [3.05, 3.63) is 29.8 Å². The highest BCUT2D eigenvalue weighted by molar-refractivity contribution is 5.95. The van der Waals surface area contributed by atoms with Crippen LogP contribution in [0, 0.1) is 11.3 Å². The van der Waals surface area contributed by atoms with E-state index in [1.807, 2.05) is 0 Å². The lowest BCUT2D eigenvalue weighted by Gasteiger charge is -2.24. The number of benzene rings is 1. The Morgan fingerprint density at radius 1 is 1.58 bits per heavy atom. The van der Waals surface area contributed by atoms with E-state index in [-0.39, 0.29) is 5.78 Å². The Balaban J connectivity index is 2.29. The smallest absolute Gasteiger partial charge is 0.185 e. The van der Waals surface area contributed by atoms with Crippen LogP contribution < -0.4 is 4.74 Å². The highest BCUT2D eigenvalue weighted by atomic mass is 16.5. The van der Waals surface area contributed by atoms with Gasteiger partial charge in [-0.05, 0) is 37.5 Å². The van der Waals surface area contributed by atoms with E-state index in [1.54, 1.807) is 38.3 Å². The van der Waals surface area contributed by atoms with Crippen LogP contribution in [-0.4, -0.2) is 25.1 Å². The lowest BCUT2D eigenvalue weighted by atomic mass is 9.84. The fourth-order valence-corrected chi connectivity index (χ4v) is 2.38. The molecule has 1 saturated heterocycles. The van der Waals surface area contributed by atoms with E-state index in [0.29, 0.717) is 24.3 Å². The number of nitriles is 1. The molecule has 0 aliphatic carbocycles. The molecule has 100 valence electrons. The summed E-state index contributed by atoms with van der Waals surface area (Å²) in [5, 5.41) is 9.32. The van der Waals surface area contributed by atoms with Gasteiger partial charge in [0.05, 0.1) is 13.2 Å². The average Bonchev–Trinajstić information content (AvgIpc) is 2.88. The van der Waals surface area contributed by atoms with E-state index >= 15 is 0 Å². The molecule has 0 spiro atoms. The van der Waals surface area contributed by atoms with Crippen LogP contribution in [0.5, 0.6) is 5.75 Å². The zero-order chi connectivity index (χ0) is 13.9. The fourth-order valence-electron chi connectivity index (χ4n) is 2.38. The normalized spacial score (nSPS) is 23.6. The minimum Gasteiger partial charge on any atom is -0.497 e. The summed E-state index contributed by atoms with van der Waals surface area (Å²) >= 11 is 0. The van der Waals surface area contributed by atoms with Crippen molar-refractivity contribution in [3.63, 3.8) is 0 Å². The maximum absolute atomic E-state index is 12.5. The molecule has 0 N–H and O–H groups in total. The Labute approximate surface area is 112 Å². The van der Waals surface area contributed by atoms with E-state index in [0.717, 1.165) is 6.42 Å². The van der Waals surface area contributed by atoms with Gasteiger partial charge in [0, 0.05) is 6.61 Å². The van der Waals surface area contributed by atoms with Crippen LogP contribution in [0.15, 0.2) is 24.3 Å². The lowest BCUT2D eigenvalue weighted by Crippen LogP contribution is -2.37. The van der Waals surface area contributed by atoms with Crippen molar-refractivity contribution in [2.45, 2.75) is 31.3 Å². The largest absolute Gasteiger partial charge is 0.497 e. The van der Waals surface area contributed by atoms with Gasteiger partial charge < -0.3 is 9.47 Å². The zero-order valence-electron chi connectivity index (χ0n) is 11.2. The van der Waals surface area contributed by atoms with Crippen LogP contribution in [0.25, 0.3) is 0 Å². The molecule has 1 fully saturated rings. The minimum absolute atomic E-state index is 0.166. The SMILES string of the molecule is COc1cccc(C(C#N)C(=O)C2(C)CCCO2)c1. The number of nitrogens with zero attached hydrogens (tertiary/aromatic N) is 1. The quantitative estimate of drug-likeness (QED) is 0.833. The number of rotatable bonds is 4. The molecule has 0 aromatic heterocycles. The fraction of sp³-hybridized carbons (Fsp3) is 0.467. The molecule has 1 aliphatic heterocycles. The molecule has 0 radical (unpaired) electrons. The number of carbonyl (C=O) groups is 1. The van der Waals surface area contributed by atoms with Crippen LogP contribution >= 0.6 is 0 Å². The van der Waals surface area contributed by atoms with Crippen molar-refractivity contribution in [1.29, 1.82) is 5.26 Å². The maximum atomic E-state index is 12.5. The molecule has 2 unspecified atom stereocenters. The number of ether oxygens (including phenoxy) is 2. The van der Waals surface area contributed by atoms with Gasteiger partial charge in [-0.2, -0.15) is 5.26 Å². The van der Waals surface area contributed by atoms with Crippen molar-refractivity contribution in [1.82, 2.24) is 0 Å². The van der Waals surface area contributed by atoms with Crippen molar-refractivity contribution in [2.75, 3.05) is 13.7 Å². The van der Waals surface area contributed by atoms with E-state index in [1.165, 1.54) is 0 Å². The molecule has 4 heteroatoms.